The van der Waals surface area contributed by atoms with Crippen molar-refractivity contribution < 1.29 is 12.8 Å². The molecular weight excluding hydrogens is 239 g/mol. The number of halogens is 2. The van der Waals surface area contributed by atoms with E-state index in [4.69, 9.17) is 10.7 Å². The first-order chi connectivity index (χ1) is 6.79. The molecule has 0 aliphatic rings. The van der Waals surface area contributed by atoms with E-state index in [0.717, 1.165) is 5.56 Å². The van der Waals surface area contributed by atoms with E-state index in [9.17, 15) is 12.8 Å². The summed E-state index contributed by atoms with van der Waals surface area (Å²) in [5.74, 6) is -0.588. The van der Waals surface area contributed by atoms with Crippen LogP contribution in [0.3, 0.4) is 0 Å². The molecule has 84 valence electrons. The highest BCUT2D eigenvalue weighted by Gasteiger charge is 2.11. The third kappa shape index (κ3) is 3.80. The molecule has 1 aromatic rings. The van der Waals surface area contributed by atoms with Crippen LogP contribution in [0.15, 0.2) is 12.1 Å². The lowest BCUT2D eigenvalue weighted by molar-refractivity contribution is 0.596. The lowest BCUT2D eigenvalue weighted by Crippen LogP contribution is -2.04. The molecule has 0 fully saturated rings. The summed E-state index contributed by atoms with van der Waals surface area (Å²) in [6, 6.07) is 3.36. The van der Waals surface area contributed by atoms with Gasteiger partial charge in [0.05, 0.1) is 5.75 Å². The lowest BCUT2D eigenvalue weighted by atomic mass is 10.0. The maximum Gasteiger partial charge on any atom is 0.232 e. The zero-order valence-corrected chi connectivity index (χ0v) is 10.1. The van der Waals surface area contributed by atoms with E-state index >= 15 is 0 Å². The van der Waals surface area contributed by atoms with Gasteiger partial charge in [-0.15, -0.1) is 0 Å². The minimum atomic E-state index is -3.56. The van der Waals surface area contributed by atoms with E-state index in [2.05, 4.69) is 0 Å². The zero-order chi connectivity index (χ0) is 11.6. The maximum absolute atomic E-state index is 13.5. The van der Waals surface area contributed by atoms with E-state index in [-0.39, 0.29) is 18.0 Å². The van der Waals surface area contributed by atoms with Gasteiger partial charge in [-0.3, -0.25) is 0 Å². The second kappa shape index (κ2) is 4.49. The van der Waals surface area contributed by atoms with Crippen LogP contribution in [-0.4, -0.2) is 14.2 Å². The van der Waals surface area contributed by atoms with Crippen LogP contribution in [0.5, 0.6) is 0 Å². The minimum absolute atomic E-state index is 0.111. The third-order valence-electron chi connectivity index (χ3n) is 2.09. The highest BCUT2D eigenvalue weighted by molar-refractivity contribution is 8.13. The Morgan fingerprint density at radius 3 is 2.47 bits per heavy atom. The molecule has 0 bridgehead atoms. The van der Waals surface area contributed by atoms with Gasteiger partial charge in [0, 0.05) is 10.7 Å². The molecule has 0 heterocycles. The molecule has 0 saturated carbocycles. The summed E-state index contributed by atoms with van der Waals surface area (Å²) in [6.07, 6.45) is 0.111. The lowest BCUT2D eigenvalue weighted by Gasteiger charge is -2.06. The van der Waals surface area contributed by atoms with Crippen molar-refractivity contribution in [1.29, 1.82) is 0 Å². The molecule has 0 atom stereocenters. The molecule has 0 spiro atoms. The number of hydrogen-bond donors (Lipinski definition) is 0. The van der Waals surface area contributed by atoms with Gasteiger partial charge in [-0.25, -0.2) is 12.8 Å². The van der Waals surface area contributed by atoms with Crippen molar-refractivity contribution in [3.05, 3.63) is 34.6 Å². The summed E-state index contributed by atoms with van der Waals surface area (Å²) < 4.78 is 35.0. The fraction of sp³-hybridized carbons (Fsp3) is 0.400. The van der Waals surface area contributed by atoms with Crippen molar-refractivity contribution in [3.63, 3.8) is 0 Å². The molecule has 0 amide bonds. The smallest absolute Gasteiger partial charge is 0.212 e. The van der Waals surface area contributed by atoms with E-state index < -0.39 is 9.05 Å². The van der Waals surface area contributed by atoms with E-state index in [1.807, 2.05) is 6.92 Å². The standard InChI is InChI=1S/C10H12ClFO2S/c1-7-5-8(2)10(12)9(6-7)3-4-15(11,13)14/h5-6H,3-4H2,1-2H3. The minimum Gasteiger partial charge on any atom is -0.212 e. The number of aryl methyl sites for hydroxylation is 3. The molecule has 2 nitrogen and oxygen atoms in total. The Bertz CT molecular complexity index is 469. The highest BCUT2D eigenvalue weighted by atomic mass is 35.7. The summed E-state index contributed by atoms with van der Waals surface area (Å²) in [5.41, 5.74) is 1.84. The highest BCUT2D eigenvalue weighted by Crippen LogP contribution is 2.16. The summed E-state index contributed by atoms with van der Waals surface area (Å²) in [7, 11) is 1.51. The van der Waals surface area contributed by atoms with Gasteiger partial charge in [-0.05, 0) is 31.4 Å². The molecular formula is C10H12ClFO2S. The average Bonchev–Trinajstić information content (AvgIpc) is 2.07. The van der Waals surface area contributed by atoms with Gasteiger partial charge in [0.15, 0.2) is 0 Å². The Balaban J connectivity index is 2.95. The normalized spacial score (nSPS) is 11.7. The van der Waals surface area contributed by atoms with Crippen molar-refractivity contribution in [1.82, 2.24) is 0 Å². The second-order valence-electron chi connectivity index (χ2n) is 3.55. The van der Waals surface area contributed by atoms with Crippen molar-refractivity contribution >= 4 is 19.7 Å². The molecule has 0 unspecified atom stereocenters. The van der Waals surface area contributed by atoms with Crippen LogP contribution in [0.1, 0.15) is 16.7 Å². The number of hydrogen-bond acceptors (Lipinski definition) is 2. The zero-order valence-electron chi connectivity index (χ0n) is 8.55. The van der Waals surface area contributed by atoms with Crippen LogP contribution in [0, 0.1) is 19.7 Å². The Morgan fingerprint density at radius 2 is 1.93 bits per heavy atom. The molecule has 0 aromatic heterocycles. The molecule has 0 saturated heterocycles. The summed E-state index contributed by atoms with van der Waals surface area (Å²) in [4.78, 5) is 0. The Hall–Kier alpha value is -0.610. The molecule has 0 N–H and O–H groups in total. The van der Waals surface area contributed by atoms with Crippen molar-refractivity contribution in [2.75, 3.05) is 5.75 Å². The van der Waals surface area contributed by atoms with Gasteiger partial charge in [0.1, 0.15) is 5.82 Å². The molecule has 0 radical (unpaired) electrons. The van der Waals surface area contributed by atoms with Crippen LogP contribution >= 0.6 is 10.7 Å². The summed E-state index contributed by atoms with van der Waals surface area (Å²) in [6.45, 7) is 3.49. The van der Waals surface area contributed by atoms with E-state index in [0.29, 0.717) is 11.1 Å². The first-order valence-corrected chi connectivity index (χ1v) is 6.95. The van der Waals surface area contributed by atoms with Gasteiger partial charge >= 0.3 is 0 Å². The second-order valence-corrected chi connectivity index (χ2v) is 6.44. The molecule has 1 rings (SSSR count). The molecule has 5 heteroatoms. The summed E-state index contributed by atoms with van der Waals surface area (Å²) in [5, 5.41) is 0. The number of rotatable bonds is 3. The van der Waals surface area contributed by atoms with Gasteiger partial charge in [-0.2, -0.15) is 0 Å². The van der Waals surface area contributed by atoms with Gasteiger partial charge in [0.2, 0.25) is 9.05 Å². The van der Waals surface area contributed by atoms with E-state index in [1.54, 1.807) is 19.1 Å². The maximum atomic E-state index is 13.5. The predicted octanol–water partition coefficient (Wildman–Crippen LogP) is 2.55. The van der Waals surface area contributed by atoms with Crippen molar-refractivity contribution in [3.8, 4) is 0 Å². The summed E-state index contributed by atoms with van der Waals surface area (Å²) >= 11 is 0. The first kappa shape index (κ1) is 12.5. The number of benzene rings is 1. The fourth-order valence-corrected chi connectivity index (χ4v) is 2.15. The van der Waals surface area contributed by atoms with Gasteiger partial charge in [-0.1, -0.05) is 17.7 Å². The Labute approximate surface area is 93.5 Å². The van der Waals surface area contributed by atoms with E-state index in [1.165, 1.54) is 0 Å². The molecule has 0 aliphatic carbocycles. The SMILES string of the molecule is Cc1cc(C)c(F)c(CCS(=O)(=O)Cl)c1. The average molecular weight is 251 g/mol. The quantitative estimate of drug-likeness (QED) is 0.773. The van der Waals surface area contributed by atoms with Gasteiger partial charge in [0.25, 0.3) is 0 Å². The molecule has 1 aromatic carbocycles. The van der Waals surface area contributed by atoms with Crippen molar-refractivity contribution in [2.24, 2.45) is 0 Å². The van der Waals surface area contributed by atoms with Crippen LogP contribution in [0.25, 0.3) is 0 Å². The topological polar surface area (TPSA) is 34.1 Å². The monoisotopic (exact) mass is 250 g/mol. The largest absolute Gasteiger partial charge is 0.232 e. The van der Waals surface area contributed by atoms with Crippen LogP contribution < -0.4 is 0 Å². The predicted molar refractivity (Wildman–Crippen MR) is 59.2 cm³/mol. The van der Waals surface area contributed by atoms with Gasteiger partial charge < -0.3 is 0 Å². The van der Waals surface area contributed by atoms with Crippen LogP contribution in [0.4, 0.5) is 4.39 Å². The van der Waals surface area contributed by atoms with Crippen LogP contribution in [-0.2, 0) is 15.5 Å². The Kier molecular flexibility index (Phi) is 3.73. The van der Waals surface area contributed by atoms with Crippen LogP contribution in [0.2, 0.25) is 0 Å². The fourth-order valence-electron chi connectivity index (χ4n) is 1.45. The first-order valence-electron chi connectivity index (χ1n) is 4.47. The third-order valence-corrected chi connectivity index (χ3v) is 3.24. The molecule has 0 aliphatic heterocycles. The molecule has 15 heavy (non-hydrogen) atoms. The van der Waals surface area contributed by atoms with Crippen molar-refractivity contribution in [2.45, 2.75) is 20.3 Å². The Morgan fingerprint density at radius 1 is 1.33 bits per heavy atom.